The molecule has 1 aliphatic rings. The summed E-state index contributed by atoms with van der Waals surface area (Å²) in [6.07, 6.45) is 6.90. The van der Waals surface area contributed by atoms with E-state index in [2.05, 4.69) is 0 Å². The van der Waals surface area contributed by atoms with Gasteiger partial charge in [-0.1, -0.05) is 31.4 Å². The topological polar surface area (TPSA) is 121 Å². The van der Waals surface area contributed by atoms with Gasteiger partial charge in [0.25, 0.3) is 5.69 Å². The number of hydrogen-bond acceptors (Lipinski definition) is 7. The third-order valence-corrected chi connectivity index (χ3v) is 7.68. The van der Waals surface area contributed by atoms with Gasteiger partial charge in [0.05, 0.1) is 20.6 Å². The Kier molecular flexibility index (Phi) is 7.22. The van der Waals surface area contributed by atoms with E-state index in [-0.39, 0.29) is 9.79 Å². The zero-order chi connectivity index (χ0) is 22.6. The smallest absolute Gasteiger partial charge is 0.324 e. The second-order valence-electron chi connectivity index (χ2n) is 7.53. The SMILES string of the molecule is CS(=O)(=O)c1ccc([S@@](=O)CC(=O)Oc2ccc(C3CCCCC3)cc2)c([N+](=O)[O-])c1. The van der Waals surface area contributed by atoms with E-state index in [0.29, 0.717) is 11.7 Å². The van der Waals surface area contributed by atoms with E-state index < -0.39 is 43.0 Å². The van der Waals surface area contributed by atoms with Crippen LogP contribution in [0.2, 0.25) is 0 Å². The fourth-order valence-corrected chi connectivity index (χ4v) is 5.31. The molecule has 0 saturated heterocycles. The number of esters is 1. The molecule has 1 fully saturated rings. The summed E-state index contributed by atoms with van der Waals surface area (Å²) in [5.41, 5.74) is 0.579. The summed E-state index contributed by atoms with van der Waals surface area (Å²) in [5.74, 6) is -0.570. The third kappa shape index (κ3) is 5.98. The number of sulfone groups is 1. The predicted molar refractivity (Wildman–Crippen MR) is 115 cm³/mol. The van der Waals surface area contributed by atoms with Gasteiger partial charge in [0.2, 0.25) is 0 Å². The van der Waals surface area contributed by atoms with Gasteiger partial charge in [-0.05, 0) is 48.6 Å². The lowest BCUT2D eigenvalue weighted by molar-refractivity contribution is -0.388. The van der Waals surface area contributed by atoms with E-state index in [4.69, 9.17) is 4.74 Å². The van der Waals surface area contributed by atoms with Crippen LogP contribution in [-0.2, 0) is 25.4 Å². The first-order valence-corrected chi connectivity index (χ1v) is 13.0. The molecule has 0 aromatic heterocycles. The number of nitrogens with zero attached hydrogens (tertiary/aromatic N) is 1. The Morgan fingerprint density at radius 2 is 1.77 bits per heavy atom. The van der Waals surface area contributed by atoms with Crippen LogP contribution in [0.25, 0.3) is 0 Å². The van der Waals surface area contributed by atoms with Crippen LogP contribution in [0.5, 0.6) is 5.75 Å². The highest BCUT2D eigenvalue weighted by Crippen LogP contribution is 2.33. The van der Waals surface area contributed by atoms with Gasteiger partial charge < -0.3 is 4.74 Å². The van der Waals surface area contributed by atoms with E-state index in [0.717, 1.165) is 37.3 Å². The molecule has 31 heavy (non-hydrogen) atoms. The molecule has 0 bridgehead atoms. The molecule has 3 rings (SSSR count). The second-order valence-corrected chi connectivity index (χ2v) is 11.0. The van der Waals surface area contributed by atoms with Gasteiger partial charge in [0.1, 0.15) is 16.4 Å². The number of carbonyl (C=O) groups is 1. The second kappa shape index (κ2) is 9.69. The lowest BCUT2D eigenvalue weighted by Gasteiger charge is -2.22. The van der Waals surface area contributed by atoms with Crippen LogP contribution in [0.4, 0.5) is 5.69 Å². The molecule has 1 saturated carbocycles. The van der Waals surface area contributed by atoms with Crippen molar-refractivity contribution in [3.63, 3.8) is 0 Å². The quantitative estimate of drug-likeness (QED) is 0.264. The summed E-state index contributed by atoms with van der Waals surface area (Å²) in [6, 6.07) is 10.3. The largest absolute Gasteiger partial charge is 0.426 e. The molecule has 2 aromatic rings. The Hall–Kier alpha value is -2.59. The van der Waals surface area contributed by atoms with E-state index in [1.165, 1.54) is 24.8 Å². The molecule has 0 unspecified atom stereocenters. The Morgan fingerprint density at radius 1 is 1.13 bits per heavy atom. The van der Waals surface area contributed by atoms with Crippen molar-refractivity contribution in [2.24, 2.45) is 0 Å². The van der Waals surface area contributed by atoms with Gasteiger partial charge in [0, 0.05) is 12.3 Å². The molecule has 0 N–H and O–H groups in total. The third-order valence-electron chi connectivity index (χ3n) is 5.24. The number of carbonyl (C=O) groups excluding carboxylic acids is 1. The predicted octanol–water partition coefficient (Wildman–Crippen LogP) is 3.76. The van der Waals surface area contributed by atoms with Crippen LogP contribution in [-0.4, -0.2) is 35.5 Å². The van der Waals surface area contributed by atoms with Crippen molar-refractivity contribution in [2.45, 2.75) is 47.8 Å². The zero-order valence-corrected chi connectivity index (χ0v) is 18.6. The molecular weight excluding hydrogens is 442 g/mol. The highest BCUT2D eigenvalue weighted by molar-refractivity contribution is 7.90. The van der Waals surface area contributed by atoms with Crippen LogP contribution < -0.4 is 4.74 Å². The summed E-state index contributed by atoms with van der Waals surface area (Å²) >= 11 is 0. The van der Waals surface area contributed by atoms with Crippen molar-refractivity contribution in [3.05, 3.63) is 58.1 Å². The summed E-state index contributed by atoms with van der Waals surface area (Å²) < 4.78 is 41.0. The monoisotopic (exact) mass is 465 g/mol. The minimum absolute atomic E-state index is 0.234. The van der Waals surface area contributed by atoms with Gasteiger partial charge in [-0.25, -0.2) is 8.42 Å². The average molecular weight is 466 g/mol. The van der Waals surface area contributed by atoms with Crippen molar-refractivity contribution in [2.75, 3.05) is 12.0 Å². The number of nitro benzene ring substituents is 1. The maximum atomic E-state index is 12.5. The molecule has 8 nitrogen and oxygen atoms in total. The number of nitro groups is 1. The zero-order valence-electron chi connectivity index (χ0n) is 17.0. The standard InChI is InChI=1S/C21H23NO7S2/c1-31(27,28)18-11-12-20(19(13-18)22(24)25)30(26)14-21(23)29-17-9-7-16(8-10-17)15-5-3-2-4-6-15/h7-13,15H,2-6,14H2,1H3/t30-/m0/s1. The fraction of sp³-hybridized carbons (Fsp3) is 0.381. The van der Waals surface area contributed by atoms with Crippen molar-refractivity contribution in [1.82, 2.24) is 0 Å². The van der Waals surface area contributed by atoms with Crippen LogP contribution in [0.1, 0.15) is 43.6 Å². The van der Waals surface area contributed by atoms with Crippen molar-refractivity contribution in [3.8, 4) is 5.75 Å². The first-order valence-electron chi connectivity index (χ1n) is 9.82. The first-order chi connectivity index (χ1) is 14.6. The molecule has 0 heterocycles. The molecule has 0 amide bonds. The first kappa shape index (κ1) is 23.1. The van der Waals surface area contributed by atoms with Crippen LogP contribution >= 0.6 is 0 Å². The minimum Gasteiger partial charge on any atom is -0.426 e. The van der Waals surface area contributed by atoms with E-state index in [1.54, 1.807) is 12.1 Å². The van der Waals surface area contributed by atoms with Crippen molar-refractivity contribution < 1.29 is 27.1 Å². The number of ether oxygens (including phenoxy) is 1. The molecule has 2 aromatic carbocycles. The fourth-order valence-electron chi connectivity index (χ4n) is 3.65. The average Bonchev–Trinajstić information content (AvgIpc) is 2.73. The molecule has 0 radical (unpaired) electrons. The number of rotatable bonds is 7. The highest BCUT2D eigenvalue weighted by atomic mass is 32.2. The lowest BCUT2D eigenvalue weighted by Crippen LogP contribution is -2.18. The summed E-state index contributed by atoms with van der Waals surface area (Å²) in [4.78, 5) is 22.2. The van der Waals surface area contributed by atoms with Crippen LogP contribution in [0.3, 0.4) is 0 Å². The maximum absolute atomic E-state index is 12.5. The van der Waals surface area contributed by atoms with Crippen LogP contribution in [0, 0.1) is 10.1 Å². The Labute approximate surface area is 183 Å². The molecule has 0 spiro atoms. The van der Waals surface area contributed by atoms with E-state index in [1.807, 2.05) is 12.1 Å². The van der Waals surface area contributed by atoms with E-state index in [9.17, 15) is 27.5 Å². The molecule has 10 heteroatoms. The lowest BCUT2D eigenvalue weighted by atomic mass is 9.84. The van der Waals surface area contributed by atoms with Gasteiger partial charge >= 0.3 is 5.97 Å². The normalized spacial score (nSPS) is 15.9. The summed E-state index contributed by atoms with van der Waals surface area (Å²) in [6.45, 7) is 0. The van der Waals surface area contributed by atoms with Gasteiger partial charge in [-0.15, -0.1) is 0 Å². The van der Waals surface area contributed by atoms with Crippen LogP contribution in [0.15, 0.2) is 52.3 Å². The van der Waals surface area contributed by atoms with Gasteiger partial charge in [0.15, 0.2) is 9.84 Å². The molecular formula is C21H23NO7S2. The molecule has 0 aliphatic heterocycles. The number of benzene rings is 2. The Balaban J connectivity index is 1.68. The molecule has 1 atom stereocenters. The van der Waals surface area contributed by atoms with Gasteiger partial charge in [-0.3, -0.25) is 19.1 Å². The minimum atomic E-state index is -3.67. The van der Waals surface area contributed by atoms with Crippen molar-refractivity contribution >= 4 is 32.3 Å². The maximum Gasteiger partial charge on any atom is 0.324 e. The highest BCUT2D eigenvalue weighted by Gasteiger charge is 2.24. The number of hydrogen-bond donors (Lipinski definition) is 0. The summed E-state index contributed by atoms with van der Waals surface area (Å²) in [5, 5.41) is 11.3. The Bertz CT molecular complexity index is 1110. The Morgan fingerprint density at radius 3 is 2.35 bits per heavy atom. The molecule has 166 valence electrons. The van der Waals surface area contributed by atoms with E-state index >= 15 is 0 Å². The molecule has 1 aliphatic carbocycles. The summed E-state index contributed by atoms with van der Waals surface area (Å²) in [7, 11) is -5.75. The van der Waals surface area contributed by atoms with Gasteiger partial charge in [-0.2, -0.15) is 0 Å². The van der Waals surface area contributed by atoms with Crippen molar-refractivity contribution in [1.29, 1.82) is 0 Å².